The molecule has 4 heteroatoms. The summed E-state index contributed by atoms with van der Waals surface area (Å²) in [6.45, 7) is 9.63. The zero-order valence-electron chi connectivity index (χ0n) is 11.8. The lowest BCUT2D eigenvalue weighted by molar-refractivity contribution is 0.605. The molecular formula is C15H20ClNS2. The summed E-state index contributed by atoms with van der Waals surface area (Å²) in [4.78, 5) is 3.99. The second-order valence-electron chi connectivity index (χ2n) is 4.85. The third-order valence-corrected chi connectivity index (χ3v) is 5.94. The molecule has 2 aromatic heterocycles. The number of nitrogens with one attached hydrogen (secondary N) is 1. The van der Waals surface area contributed by atoms with E-state index in [2.05, 4.69) is 44.5 Å². The van der Waals surface area contributed by atoms with Crippen LogP contribution in [0.15, 0.2) is 11.4 Å². The van der Waals surface area contributed by atoms with Crippen LogP contribution in [0.25, 0.3) is 0 Å². The first-order valence-corrected chi connectivity index (χ1v) is 8.65. The smallest absolute Gasteiger partial charge is 0.0697 e. The van der Waals surface area contributed by atoms with Crippen LogP contribution in [0.2, 0.25) is 5.02 Å². The minimum absolute atomic E-state index is 0.232. The summed E-state index contributed by atoms with van der Waals surface area (Å²) in [5.41, 5.74) is 2.55. The molecule has 2 aromatic rings. The van der Waals surface area contributed by atoms with Gasteiger partial charge in [-0.25, -0.2) is 0 Å². The quantitative estimate of drug-likeness (QED) is 0.771. The van der Waals surface area contributed by atoms with Gasteiger partial charge in [0.15, 0.2) is 0 Å². The van der Waals surface area contributed by atoms with Crippen LogP contribution in [-0.4, -0.2) is 6.54 Å². The van der Waals surface area contributed by atoms with E-state index in [0.717, 1.165) is 18.0 Å². The van der Waals surface area contributed by atoms with Gasteiger partial charge >= 0.3 is 0 Å². The number of thiophene rings is 2. The molecule has 19 heavy (non-hydrogen) atoms. The van der Waals surface area contributed by atoms with Crippen molar-refractivity contribution >= 4 is 34.3 Å². The standard InChI is InChI=1S/C15H20ClNS2/c1-5-6-17-14(12-7-10(3)19-11(12)4)15-13(16)9(2)8-18-15/h7-8,14,17H,5-6H2,1-4H3. The second-order valence-corrected chi connectivity index (χ2v) is 7.60. The molecule has 0 aliphatic carbocycles. The van der Waals surface area contributed by atoms with Gasteiger partial charge in [-0.15, -0.1) is 22.7 Å². The molecule has 0 radical (unpaired) electrons. The lowest BCUT2D eigenvalue weighted by Gasteiger charge is -2.18. The van der Waals surface area contributed by atoms with Crippen LogP contribution in [0.5, 0.6) is 0 Å². The van der Waals surface area contributed by atoms with Crippen molar-refractivity contribution in [3.05, 3.63) is 42.2 Å². The highest BCUT2D eigenvalue weighted by Crippen LogP contribution is 2.38. The molecule has 0 aromatic carbocycles. The van der Waals surface area contributed by atoms with Gasteiger partial charge in [0.2, 0.25) is 0 Å². The lowest BCUT2D eigenvalue weighted by atomic mass is 10.1. The molecule has 0 aliphatic rings. The molecule has 1 unspecified atom stereocenters. The largest absolute Gasteiger partial charge is 0.306 e. The average molecular weight is 314 g/mol. The Bertz CT molecular complexity index is 554. The number of rotatable bonds is 5. The average Bonchev–Trinajstić information content (AvgIpc) is 2.86. The van der Waals surface area contributed by atoms with Gasteiger partial charge in [0.25, 0.3) is 0 Å². The highest BCUT2D eigenvalue weighted by atomic mass is 35.5. The van der Waals surface area contributed by atoms with Crippen LogP contribution in [0.3, 0.4) is 0 Å². The number of halogens is 1. The van der Waals surface area contributed by atoms with Gasteiger partial charge in [-0.1, -0.05) is 18.5 Å². The van der Waals surface area contributed by atoms with E-state index in [4.69, 9.17) is 11.6 Å². The Morgan fingerprint density at radius 1 is 1.32 bits per heavy atom. The Morgan fingerprint density at radius 3 is 2.53 bits per heavy atom. The van der Waals surface area contributed by atoms with Gasteiger partial charge in [0, 0.05) is 14.6 Å². The molecule has 1 atom stereocenters. The highest BCUT2D eigenvalue weighted by Gasteiger charge is 2.22. The Morgan fingerprint density at radius 2 is 2.05 bits per heavy atom. The Hall–Kier alpha value is -0.350. The molecule has 0 bridgehead atoms. The summed E-state index contributed by atoms with van der Waals surface area (Å²) >= 11 is 10.1. The molecule has 0 amide bonds. The summed E-state index contributed by atoms with van der Waals surface area (Å²) in [6, 6.07) is 2.52. The Kier molecular flexibility index (Phi) is 5.07. The van der Waals surface area contributed by atoms with Crippen LogP contribution in [0.4, 0.5) is 0 Å². The minimum Gasteiger partial charge on any atom is -0.306 e. The molecular weight excluding hydrogens is 294 g/mol. The summed E-state index contributed by atoms with van der Waals surface area (Å²) in [5, 5.41) is 6.71. The molecule has 104 valence electrons. The zero-order chi connectivity index (χ0) is 14.0. The first kappa shape index (κ1) is 15.0. The van der Waals surface area contributed by atoms with E-state index in [0.29, 0.717) is 0 Å². The first-order valence-electron chi connectivity index (χ1n) is 6.58. The number of hydrogen-bond acceptors (Lipinski definition) is 3. The summed E-state index contributed by atoms with van der Waals surface area (Å²) in [6.07, 6.45) is 1.13. The predicted octanol–water partition coefficient (Wildman–Crippen LogP) is 5.48. The maximum Gasteiger partial charge on any atom is 0.0697 e. The van der Waals surface area contributed by atoms with Crippen LogP contribution < -0.4 is 5.32 Å². The summed E-state index contributed by atoms with van der Waals surface area (Å²) in [7, 11) is 0. The zero-order valence-corrected chi connectivity index (χ0v) is 14.2. The summed E-state index contributed by atoms with van der Waals surface area (Å²) < 4.78 is 0. The SMILES string of the molecule is CCCNC(c1cc(C)sc1C)c1scc(C)c1Cl. The fourth-order valence-corrected chi connectivity index (χ4v) is 4.57. The van der Waals surface area contributed by atoms with Crippen LogP contribution in [-0.2, 0) is 0 Å². The number of aryl methyl sites for hydroxylation is 3. The molecule has 2 rings (SSSR count). The van der Waals surface area contributed by atoms with E-state index >= 15 is 0 Å². The van der Waals surface area contributed by atoms with Gasteiger partial charge in [-0.05, 0) is 56.3 Å². The lowest BCUT2D eigenvalue weighted by Crippen LogP contribution is -2.22. The fourth-order valence-electron chi connectivity index (χ4n) is 2.21. The molecule has 0 saturated heterocycles. The van der Waals surface area contributed by atoms with Crippen molar-refractivity contribution in [2.75, 3.05) is 6.54 Å². The van der Waals surface area contributed by atoms with Crippen LogP contribution >= 0.6 is 34.3 Å². The van der Waals surface area contributed by atoms with Crippen molar-refractivity contribution in [3.63, 3.8) is 0 Å². The fraction of sp³-hybridized carbons (Fsp3) is 0.467. The van der Waals surface area contributed by atoms with Crippen molar-refractivity contribution in [1.82, 2.24) is 5.32 Å². The highest BCUT2D eigenvalue weighted by molar-refractivity contribution is 7.12. The van der Waals surface area contributed by atoms with E-state index in [1.807, 2.05) is 11.3 Å². The second kappa shape index (κ2) is 6.40. The molecule has 2 heterocycles. The maximum atomic E-state index is 6.47. The van der Waals surface area contributed by atoms with Crippen molar-refractivity contribution in [1.29, 1.82) is 0 Å². The van der Waals surface area contributed by atoms with Crippen LogP contribution in [0.1, 0.15) is 45.1 Å². The molecule has 1 N–H and O–H groups in total. The Labute approximate surface area is 128 Å². The molecule has 0 saturated carbocycles. The van der Waals surface area contributed by atoms with E-state index in [-0.39, 0.29) is 6.04 Å². The van der Waals surface area contributed by atoms with Crippen molar-refractivity contribution in [2.45, 2.75) is 40.2 Å². The van der Waals surface area contributed by atoms with Gasteiger partial charge in [0.05, 0.1) is 11.1 Å². The van der Waals surface area contributed by atoms with Gasteiger partial charge in [-0.3, -0.25) is 0 Å². The minimum atomic E-state index is 0.232. The normalized spacial score (nSPS) is 12.9. The van der Waals surface area contributed by atoms with Crippen LogP contribution in [0, 0.1) is 20.8 Å². The van der Waals surface area contributed by atoms with Crippen molar-refractivity contribution in [2.24, 2.45) is 0 Å². The molecule has 0 spiro atoms. The van der Waals surface area contributed by atoms with Gasteiger partial charge in [-0.2, -0.15) is 0 Å². The van der Waals surface area contributed by atoms with E-state index in [1.54, 1.807) is 11.3 Å². The van der Waals surface area contributed by atoms with E-state index in [1.165, 1.54) is 25.8 Å². The molecule has 1 nitrogen and oxygen atoms in total. The number of hydrogen-bond donors (Lipinski definition) is 1. The van der Waals surface area contributed by atoms with E-state index < -0.39 is 0 Å². The van der Waals surface area contributed by atoms with Gasteiger partial charge < -0.3 is 5.32 Å². The maximum absolute atomic E-state index is 6.47. The predicted molar refractivity (Wildman–Crippen MR) is 88.0 cm³/mol. The van der Waals surface area contributed by atoms with Crippen molar-refractivity contribution in [3.8, 4) is 0 Å². The third kappa shape index (κ3) is 3.22. The monoisotopic (exact) mass is 313 g/mol. The molecule has 0 aliphatic heterocycles. The van der Waals surface area contributed by atoms with Gasteiger partial charge in [0.1, 0.15) is 0 Å². The third-order valence-electron chi connectivity index (χ3n) is 3.18. The topological polar surface area (TPSA) is 12.0 Å². The van der Waals surface area contributed by atoms with Crippen molar-refractivity contribution < 1.29 is 0 Å². The Balaban J connectivity index is 2.41. The molecule has 0 fully saturated rings. The van der Waals surface area contributed by atoms with E-state index in [9.17, 15) is 0 Å². The first-order chi connectivity index (χ1) is 9.04. The summed E-state index contributed by atoms with van der Waals surface area (Å²) in [5.74, 6) is 0.